The predicted molar refractivity (Wildman–Crippen MR) is 147 cm³/mol. The first-order chi connectivity index (χ1) is 18.2. The van der Waals surface area contributed by atoms with E-state index in [1.54, 1.807) is 4.90 Å². The van der Waals surface area contributed by atoms with Crippen LogP contribution in [0.3, 0.4) is 0 Å². The van der Waals surface area contributed by atoms with E-state index in [2.05, 4.69) is 9.88 Å². The number of aromatic amines is 1. The number of H-pyrrole nitrogens is 1. The summed E-state index contributed by atoms with van der Waals surface area (Å²) in [6.07, 6.45) is 7.68. The summed E-state index contributed by atoms with van der Waals surface area (Å²) >= 11 is 6.92. The number of rotatable bonds is 4. The number of hydrogen-bond donors (Lipinski definition) is 1. The zero-order chi connectivity index (χ0) is 26.8. The molecule has 0 radical (unpaired) electrons. The van der Waals surface area contributed by atoms with Crippen LogP contribution in [0.4, 0.5) is 0 Å². The molecule has 0 bridgehead atoms. The molecule has 1 saturated heterocycles. The van der Waals surface area contributed by atoms with Crippen molar-refractivity contribution in [3.8, 4) is 11.5 Å². The van der Waals surface area contributed by atoms with E-state index in [4.69, 9.17) is 21.1 Å². The van der Waals surface area contributed by atoms with E-state index < -0.39 is 5.79 Å². The molecule has 1 aliphatic carbocycles. The largest absolute Gasteiger partial charge is 0.448 e. The molecule has 1 amide bonds. The molecule has 2 aromatic rings. The average Bonchev–Trinajstić information content (AvgIpc) is 3.55. The topological polar surface area (TPSA) is 74.9 Å². The molecular formula is C30H38ClN3O4. The highest BCUT2D eigenvalue weighted by Crippen LogP contribution is 2.54. The Kier molecular flexibility index (Phi) is 6.50. The molecule has 6 rings (SSSR count). The van der Waals surface area contributed by atoms with E-state index in [1.165, 1.54) is 25.9 Å². The number of fused-ring (bicyclic) bond motifs is 2. The predicted octanol–water partition coefficient (Wildman–Crippen LogP) is 5.29. The van der Waals surface area contributed by atoms with Crippen molar-refractivity contribution < 1.29 is 14.3 Å². The minimum atomic E-state index is -0.786. The van der Waals surface area contributed by atoms with E-state index in [0.717, 1.165) is 48.1 Å². The van der Waals surface area contributed by atoms with Gasteiger partial charge in [0.15, 0.2) is 11.5 Å². The molecular weight excluding hydrogens is 502 g/mol. The maximum absolute atomic E-state index is 13.8. The number of nitrogens with one attached hydrogen (secondary N) is 1. The van der Waals surface area contributed by atoms with Gasteiger partial charge in [-0.2, -0.15) is 0 Å². The molecule has 1 unspecified atom stereocenters. The van der Waals surface area contributed by atoms with Crippen LogP contribution in [0.15, 0.2) is 10.9 Å². The Labute approximate surface area is 229 Å². The quantitative estimate of drug-likeness (QED) is 0.571. The summed E-state index contributed by atoms with van der Waals surface area (Å²) in [4.78, 5) is 33.7. The molecule has 7 nitrogen and oxygen atoms in total. The maximum Gasteiger partial charge on any atom is 0.254 e. The third-order valence-corrected chi connectivity index (χ3v) is 9.77. The number of hydrogen-bond acceptors (Lipinski definition) is 5. The van der Waals surface area contributed by atoms with Crippen molar-refractivity contribution in [2.75, 3.05) is 19.6 Å². The summed E-state index contributed by atoms with van der Waals surface area (Å²) < 4.78 is 13.1. The summed E-state index contributed by atoms with van der Waals surface area (Å²) in [5.74, 6) is 0.545. The van der Waals surface area contributed by atoms with Crippen molar-refractivity contribution >= 4 is 17.5 Å². The van der Waals surface area contributed by atoms with Gasteiger partial charge in [0.2, 0.25) is 0 Å². The summed E-state index contributed by atoms with van der Waals surface area (Å²) in [5.41, 5.74) is 4.37. The number of carbonyl (C=O) groups excluding carboxylic acids is 1. The monoisotopic (exact) mass is 539 g/mol. The summed E-state index contributed by atoms with van der Waals surface area (Å²) in [6, 6.07) is 2.62. The van der Waals surface area contributed by atoms with Gasteiger partial charge < -0.3 is 24.3 Å². The van der Waals surface area contributed by atoms with Crippen LogP contribution in [-0.2, 0) is 13.0 Å². The molecule has 2 fully saturated rings. The number of halogens is 1. The van der Waals surface area contributed by atoms with Gasteiger partial charge in [0.25, 0.3) is 17.3 Å². The van der Waals surface area contributed by atoms with Gasteiger partial charge in [-0.1, -0.05) is 11.6 Å². The lowest BCUT2D eigenvalue weighted by Gasteiger charge is -2.39. The first-order valence-electron chi connectivity index (χ1n) is 14.1. The van der Waals surface area contributed by atoms with Crippen LogP contribution in [-0.4, -0.2) is 52.2 Å². The Morgan fingerprint density at radius 1 is 1.03 bits per heavy atom. The third-order valence-electron chi connectivity index (χ3n) is 9.37. The number of aromatic nitrogens is 1. The summed E-state index contributed by atoms with van der Waals surface area (Å²) in [7, 11) is 0. The van der Waals surface area contributed by atoms with E-state index in [-0.39, 0.29) is 23.9 Å². The van der Waals surface area contributed by atoms with Crippen LogP contribution >= 0.6 is 11.6 Å². The SMILES string of the molecule is Cc1cc(C)c(CN2CCc3c(Cl)c4c(c(C)c3C2=O)OC(C)([C@H]2CC[C@H](N3CCCC3)CC2)O4)c(=O)[nH]1. The van der Waals surface area contributed by atoms with Crippen molar-refractivity contribution in [2.24, 2.45) is 5.92 Å². The molecule has 38 heavy (non-hydrogen) atoms. The van der Waals surface area contributed by atoms with Gasteiger partial charge in [-0.15, -0.1) is 0 Å². The number of pyridine rings is 1. The second kappa shape index (κ2) is 9.60. The lowest BCUT2D eigenvalue weighted by molar-refractivity contribution is -0.123. The van der Waals surface area contributed by atoms with Crippen molar-refractivity contribution in [1.82, 2.24) is 14.8 Å². The molecule has 3 aliphatic heterocycles. The molecule has 0 spiro atoms. The Morgan fingerprint density at radius 2 is 1.71 bits per heavy atom. The van der Waals surface area contributed by atoms with Crippen LogP contribution in [0.5, 0.6) is 11.5 Å². The van der Waals surface area contributed by atoms with Crippen LogP contribution in [0.2, 0.25) is 5.02 Å². The molecule has 204 valence electrons. The van der Waals surface area contributed by atoms with Crippen molar-refractivity contribution in [3.05, 3.63) is 55.0 Å². The molecule has 1 aromatic heterocycles. The summed E-state index contributed by atoms with van der Waals surface area (Å²) in [6.45, 7) is 11.0. The Bertz CT molecular complexity index is 1340. The lowest BCUT2D eigenvalue weighted by Crippen LogP contribution is -2.47. The molecule has 4 aliphatic rings. The fourth-order valence-corrected chi connectivity index (χ4v) is 7.50. The number of likely N-dealkylation sites (tertiary alicyclic amines) is 1. The lowest BCUT2D eigenvalue weighted by atomic mass is 9.81. The van der Waals surface area contributed by atoms with Gasteiger partial charge in [-0.3, -0.25) is 9.59 Å². The van der Waals surface area contributed by atoms with Gasteiger partial charge in [-0.25, -0.2) is 0 Å². The van der Waals surface area contributed by atoms with Crippen molar-refractivity contribution in [3.63, 3.8) is 0 Å². The van der Waals surface area contributed by atoms with Crippen LogP contribution in [0, 0.1) is 26.7 Å². The second-order valence-corrected chi connectivity index (χ2v) is 12.2. The first-order valence-corrected chi connectivity index (χ1v) is 14.5. The molecule has 1 atom stereocenters. The minimum absolute atomic E-state index is 0.115. The van der Waals surface area contributed by atoms with Crippen molar-refractivity contribution in [1.29, 1.82) is 0 Å². The summed E-state index contributed by atoms with van der Waals surface area (Å²) in [5, 5.41) is 0.493. The highest BCUT2D eigenvalue weighted by Gasteiger charge is 2.49. The van der Waals surface area contributed by atoms with Gasteiger partial charge in [-0.05, 0) is 96.0 Å². The van der Waals surface area contributed by atoms with Crippen LogP contribution in [0.1, 0.15) is 83.8 Å². The number of aryl methyl sites for hydroxylation is 2. The Hall–Kier alpha value is -2.51. The van der Waals surface area contributed by atoms with Gasteiger partial charge >= 0.3 is 0 Å². The highest BCUT2D eigenvalue weighted by molar-refractivity contribution is 6.34. The molecule has 4 heterocycles. The molecule has 1 aromatic carbocycles. The van der Waals surface area contributed by atoms with E-state index >= 15 is 0 Å². The molecule has 8 heteroatoms. The number of carbonyl (C=O) groups is 1. The minimum Gasteiger partial charge on any atom is -0.448 e. The number of amides is 1. The van der Waals surface area contributed by atoms with Gasteiger partial charge in [0.1, 0.15) is 0 Å². The third kappa shape index (κ3) is 4.22. The average molecular weight is 540 g/mol. The molecule has 1 saturated carbocycles. The van der Waals surface area contributed by atoms with Crippen LogP contribution in [0.25, 0.3) is 0 Å². The number of benzene rings is 1. The van der Waals surface area contributed by atoms with Gasteiger partial charge in [0, 0.05) is 42.2 Å². The maximum atomic E-state index is 13.8. The zero-order valence-electron chi connectivity index (χ0n) is 22.9. The molecule has 1 N–H and O–H groups in total. The van der Waals surface area contributed by atoms with E-state index in [1.807, 2.05) is 33.8 Å². The van der Waals surface area contributed by atoms with E-state index in [9.17, 15) is 9.59 Å². The van der Waals surface area contributed by atoms with Gasteiger partial charge in [0.05, 0.1) is 17.1 Å². The normalized spacial score (nSPS) is 27.2. The number of ether oxygens (including phenoxy) is 2. The van der Waals surface area contributed by atoms with Crippen LogP contribution < -0.4 is 15.0 Å². The second-order valence-electron chi connectivity index (χ2n) is 11.8. The van der Waals surface area contributed by atoms with E-state index in [0.29, 0.717) is 46.7 Å². The highest BCUT2D eigenvalue weighted by atomic mass is 35.5. The standard InChI is InChI=1S/C30H38ClN3O4/c1-17-15-18(2)32-28(35)23(17)16-34-14-11-22-24(29(34)36)19(3)26-27(25(22)31)38-30(4,37-26)20-7-9-21(10-8-20)33-12-5-6-13-33/h15,20-21H,5-14,16H2,1-4H3,(H,32,35)/t20-,21-,30?. The number of nitrogens with zero attached hydrogens (tertiary/aromatic N) is 2. The Morgan fingerprint density at radius 3 is 2.39 bits per heavy atom. The van der Waals surface area contributed by atoms with Crippen molar-refractivity contribution in [2.45, 2.75) is 91.0 Å². The Balaban J connectivity index is 1.24. The fraction of sp³-hybridized carbons (Fsp3) is 0.600. The smallest absolute Gasteiger partial charge is 0.254 e. The fourth-order valence-electron chi connectivity index (χ4n) is 7.19. The zero-order valence-corrected chi connectivity index (χ0v) is 23.7. The first kappa shape index (κ1) is 25.8.